The highest BCUT2D eigenvalue weighted by molar-refractivity contribution is 7.99. The molecule has 0 aliphatic carbocycles. The average molecular weight is 574 g/mol. The molecule has 1 N–H and O–H groups in total. The van der Waals surface area contributed by atoms with E-state index in [0.717, 1.165) is 4.90 Å². The van der Waals surface area contributed by atoms with E-state index in [1.54, 1.807) is 54.6 Å². The van der Waals surface area contributed by atoms with Crippen molar-refractivity contribution in [1.82, 2.24) is 4.98 Å². The summed E-state index contributed by atoms with van der Waals surface area (Å²) in [5, 5.41) is 9.62. The third-order valence-electron chi connectivity index (χ3n) is 5.89. The topological polar surface area (TPSA) is 89.6 Å². The first kappa shape index (κ1) is 28.9. The van der Waals surface area contributed by atoms with Crippen molar-refractivity contribution in [3.63, 3.8) is 0 Å². The van der Waals surface area contributed by atoms with Crippen molar-refractivity contribution in [3.05, 3.63) is 107 Å². The van der Waals surface area contributed by atoms with E-state index in [0.29, 0.717) is 23.3 Å². The Kier molecular flexibility index (Phi) is 9.26. The van der Waals surface area contributed by atoms with Crippen molar-refractivity contribution in [1.29, 1.82) is 0 Å². The van der Waals surface area contributed by atoms with E-state index in [9.17, 15) is 32.3 Å². The Morgan fingerprint density at radius 3 is 2.27 bits per heavy atom. The number of halogens is 4. The van der Waals surface area contributed by atoms with E-state index in [-0.39, 0.29) is 23.7 Å². The number of rotatable bonds is 11. The molecule has 0 fully saturated rings. The van der Waals surface area contributed by atoms with Crippen LogP contribution in [0.4, 0.5) is 17.6 Å². The van der Waals surface area contributed by atoms with Gasteiger partial charge < -0.3 is 14.3 Å². The number of aliphatic carboxylic acids is 1. The van der Waals surface area contributed by atoms with Crippen LogP contribution in [0.25, 0.3) is 11.5 Å². The average Bonchev–Trinajstić information content (AvgIpc) is 3.38. The van der Waals surface area contributed by atoms with Crippen LogP contribution in [0.3, 0.4) is 0 Å². The fraction of sp³-hybridized carbons (Fsp3) is 0.207. The van der Waals surface area contributed by atoms with E-state index < -0.39 is 42.1 Å². The van der Waals surface area contributed by atoms with Gasteiger partial charge in [0.05, 0.1) is 11.5 Å². The van der Waals surface area contributed by atoms with Gasteiger partial charge in [-0.1, -0.05) is 30.3 Å². The molecule has 11 heteroatoms. The van der Waals surface area contributed by atoms with Crippen molar-refractivity contribution in [2.75, 3.05) is 5.75 Å². The summed E-state index contributed by atoms with van der Waals surface area (Å²) in [4.78, 5) is 29.0. The number of ether oxygens (including phenoxy) is 1. The van der Waals surface area contributed by atoms with Gasteiger partial charge in [0, 0.05) is 10.5 Å². The van der Waals surface area contributed by atoms with Gasteiger partial charge in [-0.05, 0) is 72.7 Å². The Bertz CT molecular complexity index is 1440. The SMILES string of the molecule is O=C(OCc1nc(-c2ccccc2)oc1C(F)(F)F)c1ccc(CC(CCSc2ccc(F)cc2)C(=O)O)cc1. The monoisotopic (exact) mass is 573 g/mol. The minimum Gasteiger partial charge on any atom is -0.481 e. The minimum absolute atomic E-state index is 0.0860. The van der Waals surface area contributed by atoms with Gasteiger partial charge in [0.2, 0.25) is 11.7 Å². The molecular formula is C29H23F4NO5S. The molecule has 0 bridgehead atoms. The van der Waals surface area contributed by atoms with Gasteiger partial charge >= 0.3 is 18.1 Å². The maximum absolute atomic E-state index is 13.5. The molecule has 0 aliphatic rings. The largest absolute Gasteiger partial charge is 0.481 e. The second kappa shape index (κ2) is 12.8. The molecule has 0 spiro atoms. The first-order valence-electron chi connectivity index (χ1n) is 12.1. The number of alkyl halides is 3. The summed E-state index contributed by atoms with van der Waals surface area (Å²) in [5.41, 5.74) is 0.538. The Hall–Kier alpha value is -4.12. The van der Waals surface area contributed by atoms with Crippen molar-refractivity contribution >= 4 is 23.7 Å². The molecule has 3 aromatic carbocycles. The summed E-state index contributed by atoms with van der Waals surface area (Å²) in [6.07, 6.45) is -4.25. The van der Waals surface area contributed by atoms with E-state index >= 15 is 0 Å². The number of esters is 1. The third-order valence-corrected chi connectivity index (χ3v) is 6.93. The lowest BCUT2D eigenvalue weighted by atomic mass is 9.96. The molecule has 208 valence electrons. The molecule has 40 heavy (non-hydrogen) atoms. The molecule has 0 radical (unpaired) electrons. The number of carbonyl (C=O) groups is 2. The van der Waals surface area contributed by atoms with Crippen molar-refractivity contribution in [3.8, 4) is 11.5 Å². The lowest BCUT2D eigenvalue weighted by Crippen LogP contribution is -2.17. The quantitative estimate of drug-likeness (QED) is 0.115. The first-order chi connectivity index (χ1) is 19.1. The highest BCUT2D eigenvalue weighted by Gasteiger charge is 2.40. The second-order valence-corrected chi connectivity index (χ2v) is 9.93. The normalized spacial score (nSPS) is 12.2. The van der Waals surface area contributed by atoms with Crippen molar-refractivity contribution in [2.24, 2.45) is 5.92 Å². The van der Waals surface area contributed by atoms with Crippen LogP contribution >= 0.6 is 11.8 Å². The van der Waals surface area contributed by atoms with E-state index in [1.807, 2.05) is 0 Å². The van der Waals surface area contributed by atoms with Crippen LogP contribution in [0.2, 0.25) is 0 Å². The number of hydrogen-bond donors (Lipinski definition) is 1. The van der Waals surface area contributed by atoms with E-state index in [2.05, 4.69) is 4.98 Å². The number of benzene rings is 3. The number of carbonyl (C=O) groups excluding carboxylic acids is 1. The van der Waals surface area contributed by atoms with Gasteiger partial charge in [0.1, 0.15) is 18.1 Å². The summed E-state index contributed by atoms with van der Waals surface area (Å²) in [6, 6.07) is 20.0. The smallest absolute Gasteiger partial charge is 0.451 e. The van der Waals surface area contributed by atoms with Gasteiger partial charge in [0.15, 0.2) is 0 Å². The van der Waals surface area contributed by atoms with Crippen LogP contribution in [0.15, 0.2) is 88.2 Å². The molecule has 6 nitrogen and oxygen atoms in total. The fourth-order valence-corrected chi connectivity index (χ4v) is 4.78. The summed E-state index contributed by atoms with van der Waals surface area (Å²) in [7, 11) is 0. The van der Waals surface area contributed by atoms with Crippen LogP contribution in [0.5, 0.6) is 0 Å². The molecule has 1 unspecified atom stereocenters. The molecule has 1 heterocycles. The van der Waals surface area contributed by atoms with Crippen LogP contribution in [-0.4, -0.2) is 27.8 Å². The summed E-state index contributed by atoms with van der Waals surface area (Å²) < 4.78 is 63.5. The van der Waals surface area contributed by atoms with Gasteiger partial charge in [-0.2, -0.15) is 13.2 Å². The standard InChI is InChI=1S/C29H23F4NO5S/c30-22-10-12-23(13-11-22)40-15-14-21(27(35)36)16-18-6-8-20(9-7-18)28(37)38-17-24-25(29(31,32)33)39-26(34-24)19-4-2-1-3-5-19/h1-13,21H,14-17H2,(H,35,36). The zero-order valence-corrected chi connectivity index (χ0v) is 21.7. The molecule has 1 atom stereocenters. The molecule has 4 aromatic rings. The number of carboxylic acid groups (broad SMARTS) is 1. The Balaban J connectivity index is 1.35. The van der Waals surface area contributed by atoms with Crippen LogP contribution in [0.1, 0.15) is 33.8 Å². The fourth-order valence-electron chi connectivity index (χ4n) is 3.82. The first-order valence-corrected chi connectivity index (χ1v) is 13.1. The maximum Gasteiger partial charge on any atom is 0.451 e. The molecule has 0 saturated heterocycles. The number of aromatic nitrogens is 1. The number of nitrogens with zero attached hydrogens (tertiary/aromatic N) is 1. The molecule has 0 amide bonds. The Morgan fingerprint density at radius 2 is 1.65 bits per heavy atom. The lowest BCUT2D eigenvalue weighted by Gasteiger charge is -2.13. The molecule has 4 rings (SSSR count). The van der Waals surface area contributed by atoms with Gasteiger partial charge in [0.25, 0.3) is 0 Å². The minimum atomic E-state index is -4.83. The highest BCUT2D eigenvalue weighted by atomic mass is 32.2. The van der Waals surface area contributed by atoms with Crippen LogP contribution in [0, 0.1) is 11.7 Å². The van der Waals surface area contributed by atoms with Gasteiger partial charge in [-0.3, -0.25) is 4.79 Å². The highest BCUT2D eigenvalue weighted by Crippen LogP contribution is 2.35. The summed E-state index contributed by atoms with van der Waals surface area (Å²) >= 11 is 1.42. The zero-order chi connectivity index (χ0) is 28.7. The van der Waals surface area contributed by atoms with Crippen molar-refractivity contribution in [2.45, 2.75) is 30.5 Å². The number of thioether (sulfide) groups is 1. The Morgan fingerprint density at radius 1 is 0.975 bits per heavy atom. The molecule has 1 aromatic heterocycles. The molecule has 0 aliphatic heterocycles. The lowest BCUT2D eigenvalue weighted by molar-refractivity contribution is -0.154. The third kappa shape index (κ3) is 7.72. The Labute approximate surface area is 231 Å². The van der Waals surface area contributed by atoms with E-state index in [4.69, 9.17) is 9.15 Å². The zero-order valence-electron chi connectivity index (χ0n) is 20.9. The molecule has 0 saturated carbocycles. The number of hydrogen-bond acceptors (Lipinski definition) is 6. The predicted octanol–water partition coefficient (Wildman–Crippen LogP) is 7.28. The van der Waals surface area contributed by atoms with Gasteiger partial charge in [-0.25, -0.2) is 14.2 Å². The maximum atomic E-state index is 13.5. The number of oxazole rings is 1. The van der Waals surface area contributed by atoms with Crippen molar-refractivity contribution < 1.29 is 41.4 Å². The van der Waals surface area contributed by atoms with Crippen LogP contribution < -0.4 is 0 Å². The summed E-state index contributed by atoms with van der Waals surface area (Å²) in [6.45, 7) is -0.751. The summed E-state index contributed by atoms with van der Waals surface area (Å²) in [5.74, 6) is -3.93. The van der Waals surface area contributed by atoms with E-state index in [1.165, 1.54) is 36.0 Å². The predicted molar refractivity (Wildman–Crippen MR) is 139 cm³/mol. The van der Waals surface area contributed by atoms with Crippen LogP contribution in [-0.2, 0) is 28.7 Å². The molecular weight excluding hydrogens is 550 g/mol. The van der Waals surface area contributed by atoms with Gasteiger partial charge in [-0.15, -0.1) is 11.8 Å². The second-order valence-electron chi connectivity index (χ2n) is 8.76. The number of carboxylic acids is 1.